The van der Waals surface area contributed by atoms with Gasteiger partial charge in [0.15, 0.2) is 5.01 Å². The highest BCUT2D eigenvalue weighted by Crippen LogP contribution is 2.47. The van der Waals surface area contributed by atoms with Crippen LogP contribution in [0.5, 0.6) is 0 Å². The molecule has 0 spiro atoms. The van der Waals surface area contributed by atoms with E-state index in [1.54, 1.807) is 12.3 Å². The fourth-order valence-corrected chi connectivity index (χ4v) is 7.04. The van der Waals surface area contributed by atoms with Crippen LogP contribution in [0.2, 0.25) is 0 Å². The highest BCUT2D eigenvalue weighted by molar-refractivity contribution is 7.89. The fraction of sp³-hybridized carbons (Fsp3) is 0.542. The number of hydrogen-bond acceptors (Lipinski definition) is 9. The summed E-state index contributed by atoms with van der Waals surface area (Å²) in [6.07, 6.45) is 1.35. The van der Waals surface area contributed by atoms with E-state index >= 15 is 0 Å². The van der Waals surface area contributed by atoms with Gasteiger partial charge in [-0.05, 0) is 44.7 Å². The number of sulfonamides is 1. The van der Waals surface area contributed by atoms with Crippen LogP contribution in [0, 0.1) is 16.7 Å². The number of nitrogens with zero attached hydrogens (tertiary/aromatic N) is 7. The second-order valence-corrected chi connectivity index (χ2v) is 13.5. The number of alkyl halides is 2. The average molecular weight is 577 g/mol. The highest BCUT2D eigenvalue weighted by Gasteiger charge is 2.49. The lowest BCUT2D eigenvalue weighted by Gasteiger charge is -2.42. The van der Waals surface area contributed by atoms with Gasteiger partial charge in [-0.1, -0.05) is 18.3 Å². The SMILES string of the molecule is CC1CN(c2cc(S(=O)(=O)NC3(C#N)CC3)cc3c2cnn3-c2nnc(C(F)F)s2)CCN1C(=O)C1(C)CC1. The van der Waals surface area contributed by atoms with E-state index in [1.165, 1.54) is 10.7 Å². The molecule has 1 aromatic carbocycles. The minimum absolute atomic E-state index is 0.0749. The van der Waals surface area contributed by atoms with Crippen LogP contribution in [0.4, 0.5) is 14.5 Å². The molecule has 39 heavy (non-hydrogen) atoms. The first-order chi connectivity index (χ1) is 18.5. The van der Waals surface area contributed by atoms with E-state index in [2.05, 4.69) is 20.0 Å². The Kier molecular flexibility index (Phi) is 5.94. The van der Waals surface area contributed by atoms with Crippen LogP contribution in [0.15, 0.2) is 23.2 Å². The molecule has 15 heteroatoms. The highest BCUT2D eigenvalue weighted by atomic mass is 32.2. The Hall–Kier alpha value is -3.22. The van der Waals surface area contributed by atoms with Crippen LogP contribution < -0.4 is 9.62 Å². The zero-order valence-corrected chi connectivity index (χ0v) is 22.9. The van der Waals surface area contributed by atoms with Crippen molar-refractivity contribution in [2.45, 2.75) is 62.4 Å². The van der Waals surface area contributed by atoms with Gasteiger partial charge in [-0.15, -0.1) is 10.2 Å². The number of hydrogen-bond donors (Lipinski definition) is 1. The molecule has 206 valence electrons. The lowest BCUT2D eigenvalue weighted by molar-refractivity contribution is -0.138. The van der Waals surface area contributed by atoms with Crippen molar-refractivity contribution in [3.8, 4) is 11.2 Å². The first-order valence-electron chi connectivity index (χ1n) is 12.6. The maximum atomic E-state index is 13.4. The monoisotopic (exact) mass is 576 g/mol. The number of nitrogens with one attached hydrogen (secondary N) is 1. The molecule has 3 heterocycles. The summed E-state index contributed by atoms with van der Waals surface area (Å²) in [6.45, 7) is 5.37. The van der Waals surface area contributed by atoms with Gasteiger partial charge in [-0.3, -0.25) is 4.79 Å². The summed E-state index contributed by atoms with van der Waals surface area (Å²) in [4.78, 5) is 16.9. The van der Waals surface area contributed by atoms with E-state index in [4.69, 9.17) is 0 Å². The van der Waals surface area contributed by atoms with Crippen LogP contribution in [-0.4, -0.2) is 70.4 Å². The number of carbonyl (C=O) groups excluding carboxylic acids is 1. The van der Waals surface area contributed by atoms with Crippen LogP contribution in [-0.2, 0) is 14.8 Å². The van der Waals surface area contributed by atoms with Gasteiger partial charge in [0.2, 0.25) is 21.1 Å². The average Bonchev–Trinajstić information content (AvgIpc) is 3.71. The Balaban J connectivity index is 1.41. The number of anilines is 1. The molecule has 2 aromatic heterocycles. The molecule has 3 fully saturated rings. The largest absolute Gasteiger partial charge is 0.367 e. The number of amides is 1. The summed E-state index contributed by atoms with van der Waals surface area (Å²) in [7, 11) is -4.11. The Labute approximate surface area is 227 Å². The molecule has 11 nitrogen and oxygen atoms in total. The topological polar surface area (TPSA) is 137 Å². The van der Waals surface area contributed by atoms with Crippen LogP contribution in [0.1, 0.15) is 51.0 Å². The predicted octanol–water partition coefficient (Wildman–Crippen LogP) is 2.99. The van der Waals surface area contributed by atoms with E-state index < -0.39 is 27.0 Å². The molecule has 2 saturated carbocycles. The number of nitriles is 1. The zero-order valence-electron chi connectivity index (χ0n) is 21.3. The van der Waals surface area contributed by atoms with Gasteiger partial charge in [0.05, 0.1) is 22.7 Å². The Morgan fingerprint density at radius 2 is 1.97 bits per heavy atom. The number of carbonyl (C=O) groups is 1. The van der Waals surface area contributed by atoms with Crippen molar-refractivity contribution in [3.05, 3.63) is 23.3 Å². The first kappa shape index (κ1) is 26.0. The van der Waals surface area contributed by atoms with Crippen molar-refractivity contribution in [1.82, 2.24) is 29.6 Å². The van der Waals surface area contributed by atoms with Crippen molar-refractivity contribution < 1.29 is 22.0 Å². The third-order valence-corrected chi connectivity index (χ3v) is 10.2. The molecular weight excluding hydrogens is 550 g/mol. The molecule has 1 N–H and O–H groups in total. The van der Waals surface area contributed by atoms with Crippen molar-refractivity contribution in [2.24, 2.45) is 5.41 Å². The van der Waals surface area contributed by atoms with Gasteiger partial charge in [0.25, 0.3) is 6.43 Å². The lowest BCUT2D eigenvalue weighted by atomic mass is 10.0. The minimum Gasteiger partial charge on any atom is -0.367 e. The Morgan fingerprint density at radius 1 is 1.23 bits per heavy atom. The molecule has 6 rings (SSSR count). The van der Waals surface area contributed by atoms with Gasteiger partial charge < -0.3 is 9.80 Å². The molecule has 1 unspecified atom stereocenters. The first-order valence-corrected chi connectivity index (χ1v) is 14.9. The minimum atomic E-state index is -4.11. The molecule has 1 aliphatic heterocycles. The fourth-order valence-electron chi connectivity index (χ4n) is 4.96. The number of fused-ring (bicyclic) bond motifs is 1. The van der Waals surface area contributed by atoms with Crippen LogP contribution in [0.3, 0.4) is 0 Å². The van der Waals surface area contributed by atoms with Crippen molar-refractivity contribution in [3.63, 3.8) is 0 Å². The van der Waals surface area contributed by atoms with E-state index in [0.717, 1.165) is 12.8 Å². The Morgan fingerprint density at radius 3 is 2.56 bits per heavy atom. The van der Waals surface area contributed by atoms with Crippen LogP contribution >= 0.6 is 11.3 Å². The summed E-state index contributed by atoms with van der Waals surface area (Å²) in [5.41, 5.74) is -0.485. The molecular formula is C24H26F2N8O3S2. The molecule has 2 aliphatic carbocycles. The third-order valence-electron chi connectivity index (χ3n) is 7.79. The number of piperazine rings is 1. The second-order valence-electron chi connectivity index (χ2n) is 10.8. The quantitative estimate of drug-likeness (QED) is 0.453. The maximum Gasteiger partial charge on any atom is 0.291 e. The van der Waals surface area contributed by atoms with E-state index in [-0.39, 0.29) is 27.4 Å². The van der Waals surface area contributed by atoms with Crippen molar-refractivity contribution in [1.29, 1.82) is 5.26 Å². The van der Waals surface area contributed by atoms with Gasteiger partial charge in [-0.25, -0.2) is 21.9 Å². The standard InChI is InChI=1S/C24H26F2N8O3S2/c1-14-12-32(7-8-33(14)21(35)23(2)3-4-23)17-9-15(39(36,37)31-24(13-27)5-6-24)10-18-16(17)11-28-34(18)22-30-29-20(38-22)19(25)26/h9-11,14,19,31H,3-8,12H2,1-2H3. The number of aromatic nitrogens is 4. The summed E-state index contributed by atoms with van der Waals surface area (Å²) < 4.78 is 57.0. The summed E-state index contributed by atoms with van der Waals surface area (Å²) in [6, 6.07) is 4.87. The predicted molar refractivity (Wildman–Crippen MR) is 138 cm³/mol. The smallest absolute Gasteiger partial charge is 0.291 e. The summed E-state index contributed by atoms with van der Waals surface area (Å²) >= 11 is 0.666. The number of halogens is 2. The van der Waals surface area contributed by atoms with E-state index in [0.29, 0.717) is 60.4 Å². The van der Waals surface area contributed by atoms with Crippen LogP contribution in [0.25, 0.3) is 16.0 Å². The van der Waals surface area contributed by atoms with E-state index in [1.807, 2.05) is 29.7 Å². The van der Waals surface area contributed by atoms with E-state index in [9.17, 15) is 27.3 Å². The van der Waals surface area contributed by atoms with Crippen molar-refractivity contribution in [2.75, 3.05) is 24.5 Å². The second kappa shape index (κ2) is 8.90. The third kappa shape index (κ3) is 4.53. The number of benzene rings is 1. The molecule has 1 saturated heterocycles. The Bertz CT molecular complexity index is 1620. The summed E-state index contributed by atoms with van der Waals surface area (Å²) in [5, 5.41) is 21.4. The van der Waals surface area contributed by atoms with Gasteiger partial charge in [-0.2, -0.15) is 15.1 Å². The summed E-state index contributed by atoms with van der Waals surface area (Å²) in [5.74, 6) is 0.144. The molecule has 0 bridgehead atoms. The van der Waals surface area contributed by atoms with Crippen molar-refractivity contribution >= 4 is 43.9 Å². The van der Waals surface area contributed by atoms with Gasteiger partial charge in [0, 0.05) is 42.2 Å². The zero-order chi connectivity index (χ0) is 27.7. The van der Waals surface area contributed by atoms with Gasteiger partial charge >= 0.3 is 0 Å². The molecule has 3 aliphatic rings. The normalized spacial score (nSPS) is 21.8. The van der Waals surface area contributed by atoms with Gasteiger partial charge in [0.1, 0.15) is 5.54 Å². The molecule has 1 atom stereocenters. The number of rotatable bonds is 7. The molecule has 0 radical (unpaired) electrons. The lowest BCUT2D eigenvalue weighted by Crippen LogP contribution is -2.55. The molecule has 3 aromatic rings. The molecule has 1 amide bonds. The maximum absolute atomic E-state index is 13.4.